The van der Waals surface area contributed by atoms with Crippen LogP contribution in [0.2, 0.25) is 0 Å². The van der Waals surface area contributed by atoms with E-state index in [4.69, 9.17) is 14.2 Å². The smallest absolute Gasteiger partial charge is 0.262 e. The molecule has 1 aromatic rings. The molecule has 0 bridgehead atoms. The first-order valence-corrected chi connectivity index (χ1v) is 12.8. The van der Waals surface area contributed by atoms with E-state index >= 15 is 0 Å². The second-order valence-corrected chi connectivity index (χ2v) is 9.06. The van der Waals surface area contributed by atoms with Crippen LogP contribution < -0.4 is 16.0 Å². The number of fused-ring (bicyclic) bond motifs is 1. The highest BCUT2D eigenvalue weighted by Gasteiger charge is 2.44. The second kappa shape index (κ2) is 13.6. The standard InChI is InChI=1S/C25H35N5O7/c31-22-4-3-21(23(32)28-22)30-24(33)19-2-1-18(17-20(19)25(30)34)27-7-11-35-13-15-37-16-14-36-12-10-29-8-5-26-6-9-29/h1-2,17,21,26-27H,3-16H2,(H,28,31,32). The van der Waals surface area contributed by atoms with Gasteiger partial charge in [-0.3, -0.25) is 34.3 Å². The third-order valence-electron chi connectivity index (χ3n) is 6.52. The third kappa shape index (κ3) is 7.33. The van der Waals surface area contributed by atoms with Crippen molar-refractivity contribution >= 4 is 29.3 Å². The van der Waals surface area contributed by atoms with E-state index < -0.39 is 29.7 Å². The molecule has 4 amide bonds. The van der Waals surface area contributed by atoms with Gasteiger partial charge < -0.3 is 24.8 Å². The van der Waals surface area contributed by atoms with E-state index in [9.17, 15) is 19.2 Å². The first kappa shape index (κ1) is 27.1. The number of benzene rings is 1. The van der Waals surface area contributed by atoms with Crippen LogP contribution in [-0.4, -0.2) is 118 Å². The van der Waals surface area contributed by atoms with Crippen molar-refractivity contribution in [2.45, 2.75) is 18.9 Å². The van der Waals surface area contributed by atoms with Crippen molar-refractivity contribution in [1.29, 1.82) is 0 Å². The van der Waals surface area contributed by atoms with Crippen LogP contribution in [0.25, 0.3) is 0 Å². The van der Waals surface area contributed by atoms with Crippen LogP contribution in [0.5, 0.6) is 0 Å². The second-order valence-electron chi connectivity index (χ2n) is 9.06. The number of rotatable bonds is 14. The number of nitrogens with one attached hydrogen (secondary N) is 3. The van der Waals surface area contributed by atoms with E-state index in [1.807, 2.05) is 0 Å². The Hall–Kier alpha value is -2.90. The molecule has 4 rings (SSSR count). The minimum atomic E-state index is -0.971. The van der Waals surface area contributed by atoms with Crippen molar-refractivity contribution in [2.24, 2.45) is 0 Å². The predicted octanol–water partition coefficient (Wildman–Crippen LogP) is -0.545. The molecule has 3 N–H and O–H groups in total. The first-order valence-electron chi connectivity index (χ1n) is 12.8. The summed E-state index contributed by atoms with van der Waals surface area (Å²) in [5.74, 6) is -2.07. The Bertz CT molecular complexity index is 982. The van der Waals surface area contributed by atoms with Gasteiger partial charge in [-0.15, -0.1) is 0 Å². The molecule has 1 unspecified atom stereocenters. The molecule has 0 aliphatic carbocycles. The molecular formula is C25H35N5O7. The highest BCUT2D eigenvalue weighted by molar-refractivity contribution is 6.23. The van der Waals surface area contributed by atoms with E-state index in [0.717, 1.165) is 37.6 Å². The van der Waals surface area contributed by atoms with E-state index in [1.165, 1.54) is 0 Å². The Balaban J connectivity index is 1.07. The van der Waals surface area contributed by atoms with Gasteiger partial charge in [-0.2, -0.15) is 0 Å². The summed E-state index contributed by atoms with van der Waals surface area (Å²) in [6.07, 6.45) is 0.221. The van der Waals surface area contributed by atoms with Gasteiger partial charge in [-0.1, -0.05) is 0 Å². The van der Waals surface area contributed by atoms with Crippen molar-refractivity contribution < 1.29 is 33.4 Å². The van der Waals surface area contributed by atoms with Crippen LogP contribution in [0.15, 0.2) is 18.2 Å². The molecule has 0 aromatic heterocycles. The molecule has 3 aliphatic heterocycles. The Morgan fingerprint density at radius 2 is 1.54 bits per heavy atom. The summed E-state index contributed by atoms with van der Waals surface area (Å²) >= 11 is 0. The van der Waals surface area contributed by atoms with Gasteiger partial charge in [-0.05, 0) is 24.6 Å². The molecule has 1 atom stereocenters. The molecule has 0 saturated carbocycles. The Morgan fingerprint density at radius 1 is 0.865 bits per heavy atom. The molecular weight excluding hydrogens is 482 g/mol. The number of piperidine rings is 1. The zero-order valence-electron chi connectivity index (χ0n) is 21.0. The van der Waals surface area contributed by atoms with E-state index in [0.29, 0.717) is 51.9 Å². The summed E-state index contributed by atoms with van der Waals surface area (Å²) in [5.41, 5.74) is 1.16. The van der Waals surface area contributed by atoms with Crippen molar-refractivity contribution in [3.8, 4) is 0 Å². The Morgan fingerprint density at radius 3 is 2.27 bits per heavy atom. The number of carbonyl (C=O) groups is 4. The summed E-state index contributed by atoms with van der Waals surface area (Å²) in [6.45, 7) is 8.86. The maximum atomic E-state index is 12.9. The number of carbonyl (C=O) groups excluding carboxylic acids is 4. The van der Waals surface area contributed by atoms with Gasteiger partial charge in [0.25, 0.3) is 11.8 Å². The average Bonchev–Trinajstić information content (AvgIpc) is 3.14. The number of nitrogens with zero attached hydrogens (tertiary/aromatic N) is 2. The molecule has 2 saturated heterocycles. The highest BCUT2D eigenvalue weighted by atomic mass is 16.5. The fourth-order valence-corrected chi connectivity index (χ4v) is 4.52. The SMILES string of the molecule is O=C1CCC(N2C(=O)c3ccc(NCCOCCOCCOCCN4CCNCC4)cc3C2=O)C(=O)N1. The lowest BCUT2D eigenvalue weighted by molar-refractivity contribution is -0.136. The molecule has 12 heteroatoms. The van der Waals surface area contributed by atoms with Crippen LogP contribution in [0.1, 0.15) is 33.6 Å². The molecule has 0 spiro atoms. The largest absolute Gasteiger partial charge is 0.383 e. The van der Waals surface area contributed by atoms with Gasteiger partial charge in [0.05, 0.1) is 50.8 Å². The van der Waals surface area contributed by atoms with E-state index in [1.54, 1.807) is 18.2 Å². The Labute approximate surface area is 216 Å². The summed E-state index contributed by atoms with van der Waals surface area (Å²) in [4.78, 5) is 52.5. The molecule has 0 radical (unpaired) electrons. The lowest BCUT2D eigenvalue weighted by Gasteiger charge is -2.27. The lowest BCUT2D eigenvalue weighted by atomic mass is 10.0. The van der Waals surface area contributed by atoms with Gasteiger partial charge in [0.15, 0.2) is 0 Å². The molecule has 2 fully saturated rings. The maximum absolute atomic E-state index is 12.9. The van der Waals surface area contributed by atoms with E-state index in [2.05, 4.69) is 20.9 Å². The van der Waals surface area contributed by atoms with Crippen molar-refractivity contribution in [3.05, 3.63) is 29.3 Å². The quantitative estimate of drug-likeness (QED) is 0.218. The lowest BCUT2D eigenvalue weighted by Crippen LogP contribution is -2.54. The van der Waals surface area contributed by atoms with Crippen molar-refractivity contribution in [3.63, 3.8) is 0 Å². The topological polar surface area (TPSA) is 139 Å². The fraction of sp³-hybridized carbons (Fsp3) is 0.600. The maximum Gasteiger partial charge on any atom is 0.262 e. The highest BCUT2D eigenvalue weighted by Crippen LogP contribution is 2.29. The number of ether oxygens (including phenoxy) is 3. The molecule has 1 aromatic carbocycles. The monoisotopic (exact) mass is 517 g/mol. The van der Waals surface area contributed by atoms with Gasteiger partial charge in [-0.25, -0.2) is 0 Å². The average molecular weight is 518 g/mol. The number of hydrogen-bond acceptors (Lipinski definition) is 10. The predicted molar refractivity (Wildman–Crippen MR) is 133 cm³/mol. The number of amides is 4. The number of imide groups is 2. The van der Waals surface area contributed by atoms with Crippen LogP contribution in [0.3, 0.4) is 0 Å². The summed E-state index contributed by atoms with van der Waals surface area (Å²) < 4.78 is 16.7. The Kier molecular flexibility index (Phi) is 9.97. The van der Waals surface area contributed by atoms with Crippen LogP contribution >= 0.6 is 0 Å². The summed E-state index contributed by atoms with van der Waals surface area (Å²) in [7, 11) is 0. The minimum absolute atomic E-state index is 0.0898. The zero-order chi connectivity index (χ0) is 26.0. The number of anilines is 1. The first-order chi connectivity index (χ1) is 18.0. The number of piperazine rings is 1. The molecule has 202 valence electrons. The fourth-order valence-electron chi connectivity index (χ4n) is 4.52. The third-order valence-corrected chi connectivity index (χ3v) is 6.52. The van der Waals surface area contributed by atoms with Crippen LogP contribution in [-0.2, 0) is 23.8 Å². The minimum Gasteiger partial charge on any atom is -0.383 e. The van der Waals surface area contributed by atoms with Gasteiger partial charge in [0.1, 0.15) is 6.04 Å². The van der Waals surface area contributed by atoms with Crippen LogP contribution in [0, 0.1) is 0 Å². The van der Waals surface area contributed by atoms with Crippen LogP contribution in [0.4, 0.5) is 5.69 Å². The van der Waals surface area contributed by atoms with Crippen molar-refractivity contribution in [2.75, 3.05) is 84.2 Å². The summed E-state index contributed by atoms with van der Waals surface area (Å²) in [5, 5.41) is 8.69. The van der Waals surface area contributed by atoms with Gasteiger partial charge in [0, 0.05) is 51.4 Å². The number of hydrogen-bond donors (Lipinski definition) is 3. The van der Waals surface area contributed by atoms with Crippen molar-refractivity contribution in [1.82, 2.24) is 20.4 Å². The van der Waals surface area contributed by atoms with Gasteiger partial charge in [0.2, 0.25) is 11.8 Å². The summed E-state index contributed by atoms with van der Waals surface area (Å²) in [6, 6.07) is 3.92. The van der Waals surface area contributed by atoms with E-state index in [-0.39, 0.29) is 24.0 Å². The zero-order valence-corrected chi connectivity index (χ0v) is 21.0. The molecule has 3 aliphatic rings. The molecule has 37 heavy (non-hydrogen) atoms. The normalized spacial score (nSPS) is 20.3. The van der Waals surface area contributed by atoms with Gasteiger partial charge >= 0.3 is 0 Å². The molecule has 3 heterocycles. The molecule has 12 nitrogen and oxygen atoms in total.